The third-order valence-corrected chi connectivity index (χ3v) is 5.09. The first kappa shape index (κ1) is 19.1. The highest BCUT2D eigenvalue weighted by Crippen LogP contribution is 2.27. The molecule has 1 saturated carbocycles. The van der Waals surface area contributed by atoms with Gasteiger partial charge in [-0.1, -0.05) is 44.2 Å². The second-order valence-corrected chi connectivity index (χ2v) is 7.22. The van der Waals surface area contributed by atoms with E-state index >= 15 is 0 Å². The van der Waals surface area contributed by atoms with Crippen molar-refractivity contribution in [3.8, 4) is 0 Å². The van der Waals surface area contributed by atoms with Crippen LogP contribution in [0.2, 0.25) is 0 Å². The van der Waals surface area contributed by atoms with Crippen molar-refractivity contribution in [3.05, 3.63) is 59.9 Å². The van der Waals surface area contributed by atoms with Crippen molar-refractivity contribution in [1.82, 2.24) is 10.3 Å². The monoisotopic (exact) mass is 365 g/mol. The van der Waals surface area contributed by atoms with Crippen LogP contribution in [0.15, 0.2) is 48.8 Å². The van der Waals surface area contributed by atoms with Crippen molar-refractivity contribution >= 4 is 17.5 Å². The molecule has 5 heteroatoms. The first-order valence-corrected chi connectivity index (χ1v) is 9.78. The normalized spacial score (nSPS) is 14.5. The summed E-state index contributed by atoms with van der Waals surface area (Å²) in [5.41, 5.74) is 2.25. The van der Waals surface area contributed by atoms with Gasteiger partial charge in [-0.05, 0) is 42.2 Å². The Hall–Kier alpha value is -2.69. The molecule has 1 aromatic carbocycles. The van der Waals surface area contributed by atoms with E-state index in [-0.39, 0.29) is 11.8 Å². The van der Waals surface area contributed by atoms with Crippen LogP contribution in [0.25, 0.3) is 0 Å². The molecule has 0 bridgehead atoms. The number of aromatic nitrogens is 1. The summed E-state index contributed by atoms with van der Waals surface area (Å²) in [6.45, 7) is 0.402. The zero-order valence-electron chi connectivity index (χ0n) is 15.6. The highest BCUT2D eigenvalue weighted by Gasteiger charge is 2.15. The van der Waals surface area contributed by atoms with Crippen LogP contribution in [0.5, 0.6) is 0 Å². The van der Waals surface area contributed by atoms with Crippen LogP contribution in [0.1, 0.15) is 60.9 Å². The van der Waals surface area contributed by atoms with E-state index in [9.17, 15) is 9.59 Å². The van der Waals surface area contributed by atoms with Gasteiger partial charge < -0.3 is 10.6 Å². The standard InChI is InChI=1S/C22H27N3O2/c26-21(12-11-17-6-2-1-3-7-17)25-20-10-4-8-18(14-20)15-24-22(27)19-9-5-13-23-16-19/h4-5,8-10,13-14,16-17H,1-3,6-7,11-12,15H2,(H,24,27)(H,25,26). The molecule has 0 atom stereocenters. The van der Waals surface area contributed by atoms with Crippen molar-refractivity contribution in [2.24, 2.45) is 5.92 Å². The van der Waals surface area contributed by atoms with Crippen LogP contribution < -0.4 is 10.6 Å². The Morgan fingerprint density at radius 3 is 2.70 bits per heavy atom. The Labute approximate surface area is 160 Å². The summed E-state index contributed by atoms with van der Waals surface area (Å²) < 4.78 is 0. The van der Waals surface area contributed by atoms with Gasteiger partial charge in [0.2, 0.25) is 5.91 Å². The Bertz CT molecular complexity index is 755. The molecule has 2 N–H and O–H groups in total. The number of anilines is 1. The van der Waals surface area contributed by atoms with E-state index in [0.29, 0.717) is 24.4 Å². The summed E-state index contributed by atoms with van der Waals surface area (Å²) in [5.74, 6) is 0.612. The summed E-state index contributed by atoms with van der Waals surface area (Å²) >= 11 is 0. The molecule has 1 aliphatic rings. The van der Waals surface area contributed by atoms with E-state index in [1.165, 1.54) is 38.3 Å². The molecular weight excluding hydrogens is 338 g/mol. The third kappa shape index (κ3) is 6.20. The molecule has 1 heterocycles. The first-order chi connectivity index (χ1) is 13.2. The van der Waals surface area contributed by atoms with Gasteiger partial charge in [-0.3, -0.25) is 14.6 Å². The molecule has 1 fully saturated rings. The van der Waals surface area contributed by atoms with E-state index in [1.54, 1.807) is 18.3 Å². The second-order valence-electron chi connectivity index (χ2n) is 7.22. The highest BCUT2D eigenvalue weighted by molar-refractivity contribution is 5.93. The minimum Gasteiger partial charge on any atom is -0.348 e. The SMILES string of the molecule is O=C(CCC1CCCCC1)Nc1cccc(CNC(=O)c2cccnc2)c1. The summed E-state index contributed by atoms with van der Waals surface area (Å²) in [6.07, 6.45) is 11.2. The number of nitrogens with zero attached hydrogens (tertiary/aromatic N) is 1. The second kappa shape index (κ2) is 9.86. The van der Waals surface area contributed by atoms with E-state index in [4.69, 9.17) is 0 Å². The molecular formula is C22H27N3O2. The summed E-state index contributed by atoms with van der Waals surface area (Å²) in [4.78, 5) is 28.3. The van der Waals surface area contributed by atoms with Gasteiger partial charge >= 0.3 is 0 Å². The van der Waals surface area contributed by atoms with Crippen LogP contribution >= 0.6 is 0 Å². The lowest BCUT2D eigenvalue weighted by atomic mass is 9.86. The number of hydrogen-bond donors (Lipinski definition) is 2. The van der Waals surface area contributed by atoms with Crippen molar-refractivity contribution < 1.29 is 9.59 Å². The average molecular weight is 365 g/mol. The third-order valence-electron chi connectivity index (χ3n) is 5.09. The van der Waals surface area contributed by atoms with Gasteiger partial charge in [0.05, 0.1) is 5.56 Å². The summed E-state index contributed by atoms with van der Waals surface area (Å²) in [7, 11) is 0. The largest absolute Gasteiger partial charge is 0.348 e. The Kier molecular flexibility index (Phi) is 6.97. The molecule has 0 saturated heterocycles. The molecule has 0 spiro atoms. The van der Waals surface area contributed by atoms with E-state index < -0.39 is 0 Å². The molecule has 2 amide bonds. The van der Waals surface area contributed by atoms with Gasteiger partial charge in [0.25, 0.3) is 5.91 Å². The van der Waals surface area contributed by atoms with Gasteiger partial charge in [0.15, 0.2) is 0 Å². The number of rotatable bonds is 7. The van der Waals surface area contributed by atoms with Gasteiger partial charge in [-0.15, -0.1) is 0 Å². The predicted molar refractivity (Wildman–Crippen MR) is 106 cm³/mol. The van der Waals surface area contributed by atoms with Gasteiger partial charge in [0, 0.05) is 31.0 Å². The molecule has 0 unspecified atom stereocenters. The first-order valence-electron chi connectivity index (χ1n) is 9.78. The van der Waals surface area contributed by atoms with Gasteiger partial charge in [-0.2, -0.15) is 0 Å². The molecule has 5 nitrogen and oxygen atoms in total. The molecule has 1 aliphatic carbocycles. The fraction of sp³-hybridized carbons (Fsp3) is 0.409. The van der Waals surface area contributed by atoms with Crippen molar-refractivity contribution in [3.63, 3.8) is 0 Å². The van der Waals surface area contributed by atoms with Gasteiger partial charge in [-0.25, -0.2) is 0 Å². The van der Waals surface area contributed by atoms with Crippen LogP contribution in [0, 0.1) is 5.92 Å². The topological polar surface area (TPSA) is 71.1 Å². The van der Waals surface area contributed by atoms with Gasteiger partial charge in [0.1, 0.15) is 0 Å². The summed E-state index contributed by atoms with van der Waals surface area (Å²) in [5, 5.41) is 5.85. The maximum atomic E-state index is 12.2. The van der Waals surface area contributed by atoms with E-state index in [2.05, 4.69) is 15.6 Å². The van der Waals surface area contributed by atoms with E-state index in [1.807, 2.05) is 24.3 Å². The predicted octanol–water partition coefficient (Wildman–Crippen LogP) is 4.31. The fourth-order valence-electron chi connectivity index (χ4n) is 3.58. The zero-order valence-corrected chi connectivity index (χ0v) is 15.6. The number of pyridine rings is 1. The van der Waals surface area contributed by atoms with Crippen LogP contribution in [-0.2, 0) is 11.3 Å². The number of benzene rings is 1. The maximum Gasteiger partial charge on any atom is 0.253 e. The fourth-order valence-corrected chi connectivity index (χ4v) is 3.58. The number of carbonyl (C=O) groups is 2. The number of carbonyl (C=O) groups excluding carboxylic acids is 2. The average Bonchev–Trinajstić information content (AvgIpc) is 2.72. The quantitative estimate of drug-likeness (QED) is 0.768. The van der Waals surface area contributed by atoms with Crippen molar-refractivity contribution in [2.45, 2.75) is 51.5 Å². The zero-order chi connectivity index (χ0) is 18.9. The van der Waals surface area contributed by atoms with Crippen molar-refractivity contribution in [2.75, 3.05) is 5.32 Å². The molecule has 0 aliphatic heterocycles. The smallest absolute Gasteiger partial charge is 0.253 e. The minimum absolute atomic E-state index is 0.0668. The Morgan fingerprint density at radius 2 is 1.93 bits per heavy atom. The lowest BCUT2D eigenvalue weighted by molar-refractivity contribution is -0.116. The highest BCUT2D eigenvalue weighted by atomic mass is 16.2. The van der Waals surface area contributed by atoms with Crippen LogP contribution in [-0.4, -0.2) is 16.8 Å². The number of amides is 2. The molecule has 27 heavy (non-hydrogen) atoms. The maximum absolute atomic E-state index is 12.2. The van der Waals surface area contributed by atoms with E-state index in [0.717, 1.165) is 17.7 Å². The molecule has 142 valence electrons. The molecule has 0 radical (unpaired) electrons. The molecule has 1 aromatic heterocycles. The Morgan fingerprint density at radius 1 is 1.07 bits per heavy atom. The molecule has 3 rings (SSSR count). The lowest BCUT2D eigenvalue weighted by Gasteiger charge is -2.21. The van der Waals surface area contributed by atoms with Crippen molar-refractivity contribution in [1.29, 1.82) is 0 Å². The number of nitrogens with one attached hydrogen (secondary N) is 2. The Balaban J connectivity index is 1.46. The van der Waals surface area contributed by atoms with Crippen LogP contribution in [0.4, 0.5) is 5.69 Å². The lowest BCUT2D eigenvalue weighted by Crippen LogP contribution is -2.23. The number of hydrogen-bond acceptors (Lipinski definition) is 3. The molecule has 2 aromatic rings. The summed E-state index contributed by atoms with van der Waals surface area (Å²) in [6, 6.07) is 11.1. The van der Waals surface area contributed by atoms with Crippen LogP contribution in [0.3, 0.4) is 0 Å². The minimum atomic E-state index is -0.162.